The summed E-state index contributed by atoms with van der Waals surface area (Å²) in [5.41, 5.74) is -0.132. The Balaban J connectivity index is 1.44. The smallest absolute Gasteiger partial charge is 0.268 e. The van der Waals surface area contributed by atoms with E-state index in [-0.39, 0.29) is 40.0 Å². The Morgan fingerprint density at radius 1 is 1.29 bits per heavy atom. The molecule has 1 aromatic heterocycles. The van der Waals surface area contributed by atoms with Crippen molar-refractivity contribution in [1.82, 2.24) is 20.9 Å². The van der Waals surface area contributed by atoms with Crippen LogP contribution in [-0.2, 0) is 9.59 Å². The van der Waals surface area contributed by atoms with E-state index in [0.717, 1.165) is 12.8 Å². The van der Waals surface area contributed by atoms with E-state index in [2.05, 4.69) is 27.0 Å². The summed E-state index contributed by atoms with van der Waals surface area (Å²) < 4.78 is 14.3. The van der Waals surface area contributed by atoms with E-state index in [9.17, 15) is 24.0 Å². The molecule has 34 heavy (non-hydrogen) atoms. The molecular formula is C24H27ClFN5O3. The summed E-state index contributed by atoms with van der Waals surface area (Å²) in [6.07, 6.45) is 3.14. The van der Waals surface area contributed by atoms with Gasteiger partial charge < -0.3 is 20.9 Å². The molecular weight excluding hydrogens is 461 g/mol. The molecule has 1 unspecified atom stereocenters. The summed E-state index contributed by atoms with van der Waals surface area (Å²) in [5, 5.41) is 18.3. The molecule has 1 saturated carbocycles. The van der Waals surface area contributed by atoms with Crippen LogP contribution >= 0.6 is 11.6 Å². The zero-order chi connectivity index (χ0) is 24.6. The minimum Gasteiger partial charge on any atom is -0.351 e. The van der Waals surface area contributed by atoms with E-state index in [1.165, 1.54) is 12.1 Å². The Kier molecular flexibility index (Phi) is 6.54. The van der Waals surface area contributed by atoms with Crippen LogP contribution in [0.1, 0.15) is 56.4 Å². The maximum Gasteiger partial charge on any atom is 0.268 e. The molecule has 3 amide bonds. The maximum absolute atomic E-state index is 14.3. The fourth-order valence-corrected chi connectivity index (χ4v) is 4.66. The average Bonchev–Trinajstić information content (AvgIpc) is 3.41. The summed E-state index contributed by atoms with van der Waals surface area (Å²) >= 11 is 5.81. The van der Waals surface area contributed by atoms with Gasteiger partial charge >= 0.3 is 0 Å². The van der Waals surface area contributed by atoms with Crippen molar-refractivity contribution in [1.29, 1.82) is 5.26 Å². The first-order chi connectivity index (χ1) is 16.1. The van der Waals surface area contributed by atoms with Crippen molar-refractivity contribution in [3.63, 3.8) is 0 Å². The number of rotatable bonds is 8. The van der Waals surface area contributed by atoms with Gasteiger partial charge in [0.15, 0.2) is 5.82 Å². The number of benzene rings is 1. The van der Waals surface area contributed by atoms with Crippen LogP contribution in [0.2, 0.25) is 5.02 Å². The molecule has 0 spiro atoms. The number of nitriles is 1. The van der Waals surface area contributed by atoms with Crippen molar-refractivity contribution >= 4 is 40.2 Å². The van der Waals surface area contributed by atoms with Gasteiger partial charge in [-0.25, -0.2) is 4.39 Å². The number of hydrogen-bond donors (Lipinski definition) is 4. The second kappa shape index (κ2) is 9.26. The minimum atomic E-state index is -0.861. The van der Waals surface area contributed by atoms with Gasteiger partial charge in [0.1, 0.15) is 17.8 Å². The molecule has 2 aromatic rings. The lowest BCUT2D eigenvalue weighted by molar-refractivity contribution is -0.125. The number of carbonyl (C=O) groups is 3. The number of hydrogen-bond acceptors (Lipinski definition) is 4. The van der Waals surface area contributed by atoms with E-state index < -0.39 is 29.7 Å². The number of aromatic nitrogens is 1. The highest BCUT2D eigenvalue weighted by molar-refractivity contribution is 6.31. The Hall–Kier alpha value is -3.12. The lowest BCUT2D eigenvalue weighted by atomic mass is 9.92. The topological polar surface area (TPSA) is 127 Å². The molecule has 1 saturated heterocycles. The first-order valence-corrected chi connectivity index (χ1v) is 11.7. The van der Waals surface area contributed by atoms with Gasteiger partial charge in [0, 0.05) is 16.8 Å². The summed E-state index contributed by atoms with van der Waals surface area (Å²) in [6.45, 7) is 3.83. The van der Waals surface area contributed by atoms with Crippen LogP contribution in [0.3, 0.4) is 0 Å². The van der Waals surface area contributed by atoms with Gasteiger partial charge in [0.05, 0.1) is 16.6 Å². The summed E-state index contributed by atoms with van der Waals surface area (Å²) in [6, 6.07) is 4.84. The quantitative estimate of drug-likeness (QED) is 0.456. The van der Waals surface area contributed by atoms with Crippen molar-refractivity contribution in [2.24, 2.45) is 11.8 Å². The summed E-state index contributed by atoms with van der Waals surface area (Å²) in [5.74, 6) is -1.87. The number of H-pyrrole nitrogens is 1. The second-order valence-electron chi connectivity index (χ2n) is 9.91. The number of halogens is 2. The number of fused-ring (bicyclic) bond motifs is 1. The zero-order valence-electron chi connectivity index (χ0n) is 19.0. The van der Waals surface area contributed by atoms with Gasteiger partial charge in [-0.15, -0.1) is 0 Å². The van der Waals surface area contributed by atoms with Crippen LogP contribution in [0.25, 0.3) is 10.9 Å². The number of amides is 3. The van der Waals surface area contributed by atoms with Crippen molar-refractivity contribution < 1.29 is 18.8 Å². The van der Waals surface area contributed by atoms with Gasteiger partial charge in [0.25, 0.3) is 5.91 Å². The highest BCUT2D eigenvalue weighted by atomic mass is 35.5. The molecule has 0 radical (unpaired) electrons. The SMILES string of the molecule is CC1(C)C[C@@H](C[C@@H](C#N)NC(=O)C(CC2CC2)NC(=O)c2cc3ccc(Cl)c(F)c3[nH]2)C(=O)N1. The standard InChI is InChI=1S/C24H27ClFN5O3/c1-24(2)10-14(21(32)31-24)8-15(11-27)28-22(33)17(7-12-3-4-12)30-23(34)18-9-13-5-6-16(25)19(26)20(13)29-18/h5-6,9,12,14-15,17,29H,3-4,7-8,10H2,1-2H3,(H,28,33)(H,30,34)(H,31,32)/t14-,15+,17?/m1/s1. The van der Waals surface area contributed by atoms with Gasteiger partial charge in [-0.3, -0.25) is 14.4 Å². The van der Waals surface area contributed by atoms with Crippen LogP contribution in [0.5, 0.6) is 0 Å². The molecule has 10 heteroatoms. The van der Waals surface area contributed by atoms with Gasteiger partial charge in [0.2, 0.25) is 11.8 Å². The van der Waals surface area contributed by atoms with E-state index in [0.29, 0.717) is 24.1 Å². The van der Waals surface area contributed by atoms with Crippen LogP contribution in [0, 0.1) is 29.0 Å². The van der Waals surface area contributed by atoms with Crippen molar-refractivity contribution in [2.75, 3.05) is 0 Å². The van der Waals surface area contributed by atoms with E-state index in [4.69, 9.17) is 11.6 Å². The highest BCUT2D eigenvalue weighted by Crippen LogP contribution is 2.34. The molecule has 3 atom stereocenters. The van der Waals surface area contributed by atoms with Crippen LogP contribution in [0.15, 0.2) is 18.2 Å². The molecule has 1 aliphatic heterocycles. The molecule has 8 nitrogen and oxygen atoms in total. The summed E-state index contributed by atoms with van der Waals surface area (Å²) in [4.78, 5) is 40.8. The van der Waals surface area contributed by atoms with E-state index in [1.807, 2.05) is 13.8 Å². The van der Waals surface area contributed by atoms with Crippen molar-refractivity contribution in [3.05, 3.63) is 34.7 Å². The van der Waals surface area contributed by atoms with E-state index in [1.54, 1.807) is 6.07 Å². The lowest BCUT2D eigenvalue weighted by Gasteiger charge is -2.21. The normalized spacial score (nSPS) is 20.9. The van der Waals surface area contributed by atoms with Crippen LogP contribution < -0.4 is 16.0 Å². The second-order valence-corrected chi connectivity index (χ2v) is 10.3. The highest BCUT2D eigenvalue weighted by Gasteiger charge is 2.39. The fraction of sp³-hybridized carbons (Fsp3) is 0.500. The van der Waals surface area contributed by atoms with Crippen LogP contribution in [0.4, 0.5) is 4.39 Å². The Labute approximate surface area is 201 Å². The van der Waals surface area contributed by atoms with Gasteiger partial charge in [-0.05, 0) is 51.2 Å². The Morgan fingerprint density at radius 3 is 2.65 bits per heavy atom. The lowest BCUT2D eigenvalue weighted by Crippen LogP contribution is -2.50. The number of nitrogens with zero attached hydrogens (tertiary/aromatic N) is 1. The first-order valence-electron chi connectivity index (χ1n) is 11.4. The van der Waals surface area contributed by atoms with Crippen LogP contribution in [-0.4, -0.2) is 40.3 Å². The summed E-state index contributed by atoms with van der Waals surface area (Å²) in [7, 11) is 0. The molecule has 1 aliphatic carbocycles. The molecule has 2 aliphatic rings. The third-order valence-corrected chi connectivity index (χ3v) is 6.69. The predicted molar refractivity (Wildman–Crippen MR) is 124 cm³/mol. The van der Waals surface area contributed by atoms with E-state index >= 15 is 0 Å². The van der Waals surface area contributed by atoms with Gasteiger partial charge in [-0.1, -0.05) is 30.5 Å². The monoisotopic (exact) mass is 487 g/mol. The third kappa shape index (κ3) is 5.33. The molecule has 4 rings (SSSR count). The molecule has 2 fully saturated rings. The van der Waals surface area contributed by atoms with Crippen molar-refractivity contribution in [3.8, 4) is 6.07 Å². The molecule has 4 N–H and O–H groups in total. The van der Waals surface area contributed by atoms with Crippen molar-refractivity contribution in [2.45, 2.75) is 63.6 Å². The maximum atomic E-state index is 14.3. The third-order valence-electron chi connectivity index (χ3n) is 6.40. The Morgan fingerprint density at radius 2 is 2.03 bits per heavy atom. The predicted octanol–water partition coefficient (Wildman–Crippen LogP) is 3.17. The average molecular weight is 488 g/mol. The molecule has 180 valence electrons. The Bertz CT molecular complexity index is 1180. The van der Waals surface area contributed by atoms with Gasteiger partial charge in [-0.2, -0.15) is 5.26 Å². The zero-order valence-corrected chi connectivity index (χ0v) is 19.8. The first kappa shape index (κ1) is 24.0. The molecule has 0 bridgehead atoms. The number of carbonyl (C=O) groups excluding carboxylic acids is 3. The number of aromatic amines is 1. The molecule has 2 heterocycles. The molecule has 1 aromatic carbocycles. The minimum absolute atomic E-state index is 0.0610. The number of nitrogens with one attached hydrogen (secondary N) is 4. The fourth-order valence-electron chi connectivity index (χ4n) is 4.50. The largest absolute Gasteiger partial charge is 0.351 e.